The van der Waals surface area contributed by atoms with E-state index >= 15 is 0 Å². The highest BCUT2D eigenvalue weighted by molar-refractivity contribution is 5.89. The summed E-state index contributed by atoms with van der Waals surface area (Å²) in [7, 11) is 0. The molecule has 2 aromatic rings. The number of carbonyl (C=O) groups excluding carboxylic acids is 4. The zero-order chi connectivity index (χ0) is 32.7. The summed E-state index contributed by atoms with van der Waals surface area (Å²) < 4.78 is 10.6. The molecule has 10 heteroatoms. The van der Waals surface area contributed by atoms with Gasteiger partial charge >= 0.3 is 17.9 Å². The third kappa shape index (κ3) is 17.0. The molecule has 45 heavy (non-hydrogen) atoms. The van der Waals surface area contributed by atoms with Gasteiger partial charge in [0.15, 0.2) is 0 Å². The lowest BCUT2D eigenvalue weighted by molar-refractivity contribution is -0.155. The van der Waals surface area contributed by atoms with Gasteiger partial charge in [-0.3, -0.25) is 14.4 Å². The van der Waals surface area contributed by atoms with E-state index in [4.69, 9.17) is 9.47 Å². The van der Waals surface area contributed by atoms with Gasteiger partial charge < -0.3 is 25.2 Å². The first kappa shape index (κ1) is 37.0. The number of unbranched alkanes of at least 4 members (excludes halogenated alkanes) is 8. The maximum Gasteiger partial charge on any atom is 0.329 e. The minimum absolute atomic E-state index is 0.00155. The molecule has 0 spiro atoms. The number of carboxylic acid groups (broad SMARTS) is 1. The van der Waals surface area contributed by atoms with Gasteiger partial charge in [0.1, 0.15) is 25.3 Å². The van der Waals surface area contributed by atoms with E-state index in [0.717, 1.165) is 30.4 Å². The third-order valence-corrected chi connectivity index (χ3v) is 7.26. The second-order valence-electron chi connectivity index (χ2n) is 11.1. The fourth-order valence-electron chi connectivity index (χ4n) is 4.65. The average Bonchev–Trinajstić information content (AvgIpc) is 3.04. The van der Waals surface area contributed by atoms with Crippen LogP contribution in [0.5, 0.6) is 0 Å². The lowest BCUT2D eigenvalue weighted by atomic mass is 10.1. The van der Waals surface area contributed by atoms with Crippen molar-refractivity contribution in [2.45, 2.75) is 116 Å². The molecule has 0 heterocycles. The number of aliphatic carboxylic acids is 1. The maximum absolute atomic E-state index is 12.9. The summed E-state index contributed by atoms with van der Waals surface area (Å²) in [5, 5.41) is 14.6. The van der Waals surface area contributed by atoms with E-state index in [0.29, 0.717) is 6.42 Å². The van der Waals surface area contributed by atoms with Crippen LogP contribution in [0, 0.1) is 0 Å². The maximum atomic E-state index is 12.9. The molecule has 0 aromatic heterocycles. The highest BCUT2D eigenvalue weighted by atomic mass is 16.5. The molecule has 0 aliphatic carbocycles. The van der Waals surface area contributed by atoms with Crippen LogP contribution in [-0.2, 0) is 46.7 Å². The molecule has 2 aromatic carbocycles. The van der Waals surface area contributed by atoms with Gasteiger partial charge in [-0.05, 0) is 24.0 Å². The van der Waals surface area contributed by atoms with Crippen molar-refractivity contribution in [3.05, 3.63) is 71.8 Å². The van der Waals surface area contributed by atoms with Gasteiger partial charge in [0.25, 0.3) is 0 Å². The summed E-state index contributed by atoms with van der Waals surface area (Å²) in [5.41, 5.74) is 1.49. The number of carbonyl (C=O) groups is 5. The second kappa shape index (κ2) is 22.3. The molecule has 0 fully saturated rings. The Morgan fingerprint density at radius 2 is 1.13 bits per heavy atom. The van der Waals surface area contributed by atoms with Crippen LogP contribution >= 0.6 is 0 Å². The Balaban J connectivity index is 1.83. The Hall–Kier alpha value is -4.21. The van der Waals surface area contributed by atoms with Crippen LogP contribution < -0.4 is 10.6 Å². The summed E-state index contributed by atoms with van der Waals surface area (Å²) in [5.74, 6) is -3.84. The van der Waals surface area contributed by atoms with E-state index in [9.17, 15) is 29.1 Å². The first-order valence-electron chi connectivity index (χ1n) is 16.0. The molecule has 2 atom stereocenters. The summed E-state index contributed by atoms with van der Waals surface area (Å²) in [6, 6.07) is 15.3. The summed E-state index contributed by atoms with van der Waals surface area (Å²) in [6.07, 6.45) is 9.16. The van der Waals surface area contributed by atoms with Crippen LogP contribution in [0.25, 0.3) is 0 Å². The fraction of sp³-hybridized carbons (Fsp3) is 0.514. The van der Waals surface area contributed by atoms with Crippen molar-refractivity contribution in [3.63, 3.8) is 0 Å². The smallest absolute Gasteiger partial charge is 0.329 e. The van der Waals surface area contributed by atoms with Crippen molar-refractivity contribution in [2.24, 2.45) is 0 Å². The Kier molecular flexibility index (Phi) is 18.3. The predicted molar refractivity (Wildman–Crippen MR) is 170 cm³/mol. The largest absolute Gasteiger partial charge is 0.480 e. The highest BCUT2D eigenvalue weighted by Gasteiger charge is 2.28. The van der Waals surface area contributed by atoms with E-state index in [1.165, 1.54) is 32.1 Å². The predicted octanol–water partition coefficient (Wildman–Crippen LogP) is 5.62. The number of hydrogen-bond donors (Lipinski definition) is 3. The van der Waals surface area contributed by atoms with E-state index in [1.807, 2.05) is 12.1 Å². The van der Waals surface area contributed by atoms with Crippen LogP contribution in [-0.4, -0.2) is 46.9 Å². The van der Waals surface area contributed by atoms with Gasteiger partial charge in [-0.15, -0.1) is 0 Å². The van der Waals surface area contributed by atoms with Crippen molar-refractivity contribution < 1.29 is 38.6 Å². The molecule has 246 valence electrons. The number of carboxylic acids is 1. The summed E-state index contributed by atoms with van der Waals surface area (Å²) in [4.78, 5) is 62.4. The quantitative estimate of drug-likeness (QED) is 0.107. The molecular formula is C35H48N2O8. The fourth-order valence-corrected chi connectivity index (χ4v) is 4.65. The van der Waals surface area contributed by atoms with Gasteiger partial charge in [-0.25, -0.2) is 9.59 Å². The Morgan fingerprint density at radius 3 is 1.69 bits per heavy atom. The van der Waals surface area contributed by atoms with E-state index in [1.54, 1.807) is 48.5 Å². The molecule has 0 saturated carbocycles. The standard InChI is InChI=1S/C35H48N2O8/c1-2-3-4-5-6-7-8-9-16-21-31(38)36-29(34(41)42)22-23-32(39)37-30(35(43)45-26-28-19-14-11-15-20-28)24-33(40)44-25-27-17-12-10-13-18-27/h10-15,17-20,29-30H,2-9,16,21-26H2,1H3,(H,36,38)(H,37,39)(H,41,42)/t29-,30?/m0/s1. The van der Waals surface area contributed by atoms with Crippen molar-refractivity contribution in [3.8, 4) is 0 Å². The molecule has 0 aliphatic rings. The van der Waals surface area contributed by atoms with Gasteiger partial charge in [0, 0.05) is 12.8 Å². The summed E-state index contributed by atoms with van der Waals surface area (Å²) >= 11 is 0. The van der Waals surface area contributed by atoms with Gasteiger partial charge in [-0.1, -0.05) is 119 Å². The number of esters is 2. The van der Waals surface area contributed by atoms with Gasteiger partial charge in [0.2, 0.25) is 11.8 Å². The first-order valence-corrected chi connectivity index (χ1v) is 16.0. The van der Waals surface area contributed by atoms with E-state index in [-0.39, 0.29) is 38.4 Å². The molecule has 3 N–H and O–H groups in total. The van der Waals surface area contributed by atoms with Crippen LogP contribution in [0.4, 0.5) is 0 Å². The number of amides is 2. The number of hydrogen-bond acceptors (Lipinski definition) is 7. The van der Waals surface area contributed by atoms with Crippen LogP contribution in [0.1, 0.15) is 102 Å². The molecule has 0 radical (unpaired) electrons. The number of benzene rings is 2. The molecule has 0 bridgehead atoms. The summed E-state index contributed by atoms with van der Waals surface area (Å²) in [6.45, 7) is 2.13. The number of ether oxygens (including phenoxy) is 2. The first-order chi connectivity index (χ1) is 21.8. The third-order valence-electron chi connectivity index (χ3n) is 7.26. The number of nitrogens with one attached hydrogen (secondary N) is 2. The zero-order valence-electron chi connectivity index (χ0n) is 26.3. The van der Waals surface area contributed by atoms with Crippen molar-refractivity contribution in [1.29, 1.82) is 0 Å². The molecular weight excluding hydrogens is 576 g/mol. The lowest BCUT2D eigenvalue weighted by Crippen LogP contribution is -2.45. The zero-order valence-corrected chi connectivity index (χ0v) is 26.3. The topological polar surface area (TPSA) is 148 Å². The Morgan fingerprint density at radius 1 is 0.644 bits per heavy atom. The van der Waals surface area contributed by atoms with Crippen molar-refractivity contribution >= 4 is 29.7 Å². The molecule has 10 nitrogen and oxygen atoms in total. The minimum atomic E-state index is -1.34. The second-order valence-corrected chi connectivity index (χ2v) is 11.1. The molecule has 2 rings (SSSR count). The van der Waals surface area contributed by atoms with E-state index < -0.39 is 42.3 Å². The molecule has 2 amide bonds. The van der Waals surface area contributed by atoms with Crippen LogP contribution in [0.15, 0.2) is 60.7 Å². The van der Waals surface area contributed by atoms with Crippen molar-refractivity contribution in [2.75, 3.05) is 0 Å². The lowest BCUT2D eigenvalue weighted by Gasteiger charge is -2.19. The Bertz CT molecular complexity index is 1170. The molecule has 0 aliphatic heterocycles. The minimum Gasteiger partial charge on any atom is -0.480 e. The van der Waals surface area contributed by atoms with E-state index in [2.05, 4.69) is 17.6 Å². The average molecular weight is 625 g/mol. The normalized spacial score (nSPS) is 12.0. The van der Waals surface area contributed by atoms with Crippen LogP contribution in [0.3, 0.4) is 0 Å². The molecule has 0 saturated heterocycles. The Labute approximate surface area is 266 Å². The number of rotatable bonds is 23. The van der Waals surface area contributed by atoms with Gasteiger partial charge in [0.05, 0.1) is 6.42 Å². The van der Waals surface area contributed by atoms with Crippen LogP contribution in [0.2, 0.25) is 0 Å². The monoisotopic (exact) mass is 624 g/mol. The molecule has 1 unspecified atom stereocenters. The van der Waals surface area contributed by atoms with Gasteiger partial charge in [-0.2, -0.15) is 0 Å². The highest BCUT2D eigenvalue weighted by Crippen LogP contribution is 2.11. The SMILES string of the molecule is CCCCCCCCCCCC(=O)N[C@@H](CCC(=O)NC(CC(=O)OCc1ccccc1)C(=O)OCc1ccccc1)C(=O)O. The van der Waals surface area contributed by atoms with Crippen molar-refractivity contribution in [1.82, 2.24) is 10.6 Å².